The molecule has 0 bridgehead atoms. The van der Waals surface area contributed by atoms with Gasteiger partial charge in [0, 0.05) is 6.42 Å². The van der Waals surface area contributed by atoms with E-state index in [1.807, 2.05) is 6.92 Å². The molecule has 0 aromatic carbocycles. The maximum Gasteiger partial charge on any atom is 0.305 e. The second-order valence-corrected chi connectivity index (χ2v) is 12.1. The molecular formula is C27H46O4. The van der Waals surface area contributed by atoms with Gasteiger partial charge in [0.25, 0.3) is 0 Å². The summed E-state index contributed by atoms with van der Waals surface area (Å²) >= 11 is 0. The van der Waals surface area contributed by atoms with Crippen LogP contribution >= 0.6 is 0 Å². The van der Waals surface area contributed by atoms with Gasteiger partial charge in [0.2, 0.25) is 0 Å². The second-order valence-electron chi connectivity index (χ2n) is 12.1. The second kappa shape index (κ2) is 8.97. The van der Waals surface area contributed by atoms with Crippen molar-refractivity contribution in [2.45, 2.75) is 111 Å². The van der Waals surface area contributed by atoms with Gasteiger partial charge in [-0.25, -0.2) is 0 Å². The number of fused-ring (bicyclic) bond motifs is 5. The summed E-state index contributed by atoms with van der Waals surface area (Å²) in [5, 5.41) is 23.0. The van der Waals surface area contributed by atoms with Gasteiger partial charge in [-0.1, -0.05) is 40.5 Å². The molecule has 0 amide bonds. The van der Waals surface area contributed by atoms with E-state index in [9.17, 15) is 15.0 Å². The fourth-order valence-corrected chi connectivity index (χ4v) is 9.02. The highest BCUT2D eigenvalue weighted by Gasteiger charge is 2.65. The van der Waals surface area contributed by atoms with E-state index < -0.39 is 0 Å². The molecule has 10 atom stereocenters. The Bertz CT molecular complexity index is 649. The molecular weight excluding hydrogens is 388 g/mol. The van der Waals surface area contributed by atoms with Crippen LogP contribution in [0.3, 0.4) is 0 Å². The van der Waals surface area contributed by atoms with E-state index in [1.54, 1.807) is 0 Å². The van der Waals surface area contributed by atoms with Gasteiger partial charge in [0.05, 0.1) is 18.8 Å². The molecule has 2 N–H and O–H groups in total. The molecule has 4 nitrogen and oxygen atoms in total. The van der Waals surface area contributed by atoms with E-state index >= 15 is 0 Å². The van der Waals surface area contributed by atoms with Crippen LogP contribution in [0, 0.1) is 46.3 Å². The average Bonchev–Trinajstić information content (AvgIpc) is 3.10. The molecule has 4 fully saturated rings. The molecule has 10 unspecified atom stereocenters. The van der Waals surface area contributed by atoms with E-state index in [-0.39, 0.29) is 29.0 Å². The summed E-state index contributed by atoms with van der Waals surface area (Å²) < 4.78 is 5.28. The van der Waals surface area contributed by atoms with Crippen LogP contribution in [0.15, 0.2) is 0 Å². The molecule has 31 heavy (non-hydrogen) atoms. The highest BCUT2D eigenvalue weighted by Crippen LogP contribution is 2.68. The maximum atomic E-state index is 12.0. The highest BCUT2D eigenvalue weighted by atomic mass is 16.5. The van der Waals surface area contributed by atoms with Gasteiger partial charge >= 0.3 is 5.97 Å². The van der Waals surface area contributed by atoms with Crippen molar-refractivity contribution >= 4 is 5.97 Å². The first-order chi connectivity index (χ1) is 14.7. The predicted molar refractivity (Wildman–Crippen MR) is 122 cm³/mol. The molecule has 0 radical (unpaired) electrons. The summed E-state index contributed by atoms with van der Waals surface area (Å²) in [6.07, 6.45) is 10.8. The van der Waals surface area contributed by atoms with E-state index in [0.29, 0.717) is 48.5 Å². The Morgan fingerprint density at radius 2 is 1.87 bits per heavy atom. The number of aliphatic hydroxyl groups is 2. The third-order valence-electron chi connectivity index (χ3n) is 10.7. The zero-order valence-corrected chi connectivity index (χ0v) is 20.3. The summed E-state index contributed by atoms with van der Waals surface area (Å²) in [4.78, 5) is 12.0. The minimum absolute atomic E-state index is 0.0865. The van der Waals surface area contributed by atoms with Crippen LogP contribution in [0.1, 0.15) is 98.3 Å². The largest absolute Gasteiger partial charge is 0.466 e. The third-order valence-corrected chi connectivity index (χ3v) is 10.7. The van der Waals surface area contributed by atoms with Gasteiger partial charge in [-0.2, -0.15) is 0 Å². The van der Waals surface area contributed by atoms with Crippen LogP contribution in [0.25, 0.3) is 0 Å². The topological polar surface area (TPSA) is 66.8 Å². The molecule has 0 spiro atoms. The first-order valence-electron chi connectivity index (χ1n) is 13.2. The lowest BCUT2D eigenvalue weighted by molar-refractivity contribution is -0.201. The zero-order chi connectivity index (χ0) is 22.4. The lowest BCUT2D eigenvalue weighted by Gasteiger charge is -2.63. The Hall–Kier alpha value is -0.610. The van der Waals surface area contributed by atoms with Crippen molar-refractivity contribution in [1.29, 1.82) is 0 Å². The number of hydrogen-bond acceptors (Lipinski definition) is 4. The standard InChI is InChI=1S/C27H46O4/c1-5-14-31-24(30)12-9-17(2)19-10-11-20-25-21(16-23(29)27(19,20)4)26(3)13-7-6-8-18(26)15-22(25)28/h17-23,25,28-29H,5-16H2,1-4H3. The molecule has 4 saturated carbocycles. The van der Waals surface area contributed by atoms with Crippen molar-refractivity contribution in [2.24, 2.45) is 46.3 Å². The van der Waals surface area contributed by atoms with Crippen LogP contribution in [-0.4, -0.2) is 35.0 Å². The molecule has 0 aromatic heterocycles. The number of aliphatic hydroxyl groups excluding tert-OH is 2. The van der Waals surface area contributed by atoms with Gasteiger partial charge in [0.1, 0.15) is 0 Å². The Balaban J connectivity index is 1.51. The fraction of sp³-hybridized carbons (Fsp3) is 0.963. The van der Waals surface area contributed by atoms with E-state index in [4.69, 9.17) is 4.74 Å². The number of esters is 1. The van der Waals surface area contributed by atoms with Crippen LogP contribution in [0.5, 0.6) is 0 Å². The summed E-state index contributed by atoms with van der Waals surface area (Å²) in [5.74, 6) is 2.52. The Morgan fingerprint density at radius 1 is 1.10 bits per heavy atom. The van der Waals surface area contributed by atoms with E-state index in [0.717, 1.165) is 38.5 Å². The molecule has 0 aromatic rings. The molecule has 0 saturated heterocycles. The van der Waals surface area contributed by atoms with Crippen LogP contribution in [0.4, 0.5) is 0 Å². The van der Waals surface area contributed by atoms with Gasteiger partial charge in [0.15, 0.2) is 0 Å². The SMILES string of the molecule is CCCOC(=O)CCC(C)C1CCC2C3C(O)CC4CCCCC4(C)C3CC(O)C12C. The Kier molecular flexibility index (Phi) is 6.81. The van der Waals surface area contributed by atoms with E-state index in [1.165, 1.54) is 25.7 Å². The lowest BCUT2D eigenvalue weighted by Crippen LogP contribution is -2.61. The Labute approximate surface area is 189 Å². The third kappa shape index (κ3) is 3.88. The lowest BCUT2D eigenvalue weighted by atomic mass is 9.43. The molecule has 4 heteroatoms. The van der Waals surface area contributed by atoms with Gasteiger partial charge < -0.3 is 14.9 Å². The van der Waals surface area contributed by atoms with Crippen LogP contribution < -0.4 is 0 Å². The number of rotatable bonds is 6. The van der Waals surface area contributed by atoms with Crippen molar-refractivity contribution in [3.8, 4) is 0 Å². The number of carbonyl (C=O) groups excluding carboxylic acids is 1. The van der Waals surface area contributed by atoms with Crippen LogP contribution in [-0.2, 0) is 9.53 Å². The first-order valence-corrected chi connectivity index (χ1v) is 13.2. The summed E-state index contributed by atoms with van der Waals surface area (Å²) in [5.41, 5.74) is 0.143. The normalized spacial score (nSPS) is 47.7. The van der Waals surface area contributed by atoms with Crippen molar-refractivity contribution in [3.63, 3.8) is 0 Å². The van der Waals surface area contributed by atoms with Gasteiger partial charge in [-0.15, -0.1) is 0 Å². The smallest absolute Gasteiger partial charge is 0.305 e. The summed E-state index contributed by atoms with van der Waals surface area (Å²) in [7, 11) is 0. The predicted octanol–water partition coefficient (Wildman–Crippen LogP) is 5.35. The summed E-state index contributed by atoms with van der Waals surface area (Å²) in [6.45, 7) is 9.58. The average molecular weight is 435 g/mol. The van der Waals surface area contributed by atoms with Crippen LogP contribution in [0.2, 0.25) is 0 Å². The fourth-order valence-electron chi connectivity index (χ4n) is 9.02. The Morgan fingerprint density at radius 3 is 2.61 bits per heavy atom. The highest BCUT2D eigenvalue weighted by molar-refractivity contribution is 5.69. The number of hydrogen-bond donors (Lipinski definition) is 2. The number of ether oxygens (including phenoxy) is 1. The molecule has 4 aliphatic carbocycles. The monoisotopic (exact) mass is 434 g/mol. The van der Waals surface area contributed by atoms with Gasteiger partial charge in [-0.05, 0) is 97.7 Å². The van der Waals surface area contributed by atoms with Crippen molar-refractivity contribution in [1.82, 2.24) is 0 Å². The minimum Gasteiger partial charge on any atom is -0.466 e. The van der Waals surface area contributed by atoms with Crippen molar-refractivity contribution < 1.29 is 19.7 Å². The minimum atomic E-state index is -0.301. The zero-order valence-electron chi connectivity index (χ0n) is 20.3. The van der Waals surface area contributed by atoms with Crippen molar-refractivity contribution in [3.05, 3.63) is 0 Å². The molecule has 4 aliphatic rings. The maximum absolute atomic E-state index is 12.0. The van der Waals surface area contributed by atoms with Gasteiger partial charge in [-0.3, -0.25) is 4.79 Å². The molecule has 178 valence electrons. The van der Waals surface area contributed by atoms with Crippen molar-refractivity contribution in [2.75, 3.05) is 6.61 Å². The summed E-state index contributed by atoms with van der Waals surface area (Å²) in [6, 6.07) is 0. The van der Waals surface area contributed by atoms with E-state index in [2.05, 4.69) is 20.8 Å². The number of carbonyl (C=O) groups is 1. The molecule has 0 heterocycles. The molecule has 0 aliphatic heterocycles. The quantitative estimate of drug-likeness (QED) is 0.553. The molecule has 4 rings (SSSR count). The first kappa shape index (κ1) is 23.5.